The largest absolute Gasteiger partial charge is 0.481 e. The van der Waals surface area contributed by atoms with Gasteiger partial charge in [0.25, 0.3) is 0 Å². The summed E-state index contributed by atoms with van der Waals surface area (Å²) in [6, 6.07) is 1.68. The van der Waals surface area contributed by atoms with Crippen molar-refractivity contribution in [3.05, 3.63) is 18.1 Å². The van der Waals surface area contributed by atoms with E-state index in [4.69, 9.17) is 5.11 Å². The Morgan fingerprint density at radius 1 is 1.29 bits per heavy atom. The molecule has 1 rings (SSSR count). The molecule has 1 heterocycles. The lowest BCUT2D eigenvalue weighted by molar-refractivity contribution is -0.141. The monoisotopic (exact) mass is 237 g/mol. The lowest BCUT2D eigenvalue weighted by atomic mass is 10.0. The number of nitrogens with zero attached hydrogens (tertiary/aromatic N) is 2. The van der Waals surface area contributed by atoms with Crippen molar-refractivity contribution in [1.82, 2.24) is 9.97 Å². The Morgan fingerprint density at radius 3 is 2.47 bits per heavy atom. The van der Waals surface area contributed by atoms with Crippen LogP contribution in [0.2, 0.25) is 0 Å². The molecule has 5 nitrogen and oxygen atoms in total. The van der Waals surface area contributed by atoms with Gasteiger partial charge < -0.3 is 10.4 Å². The number of hydrogen-bond acceptors (Lipinski definition) is 4. The molecule has 0 aliphatic heterocycles. The van der Waals surface area contributed by atoms with Crippen LogP contribution in [0.3, 0.4) is 0 Å². The quantitative estimate of drug-likeness (QED) is 0.820. The summed E-state index contributed by atoms with van der Waals surface area (Å²) < 4.78 is 0. The predicted molar refractivity (Wildman–Crippen MR) is 66.0 cm³/mol. The molecule has 2 N–H and O–H groups in total. The van der Waals surface area contributed by atoms with Crippen LogP contribution in [0, 0.1) is 5.92 Å². The van der Waals surface area contributed by atoms with E-state index in [0.717, 1.165) is 5.69 Å². The van der Waals surface area contributed by atoms with E-state index in [-0.39, 0.29) is 6.04 Å². The van der Waals surface area contributed by atoms with Crippen molar-refractivity contribution in [2.45, 2.75) is 39.7 Å². The van der Waals surface area contributed by atoms with Crippen LogP contribution < -0.4 is 5.32 Å². The molecule has 2 atom stereocenters. The van der Waals surface area contributed by atoms with Crippen molar-refractivity contribution in [3.8, 4) is 0 Å². The molecule has 17 heavy (non-hydrogen) atoms. The summed E-state index contributed by atoms with van der Waals surface area (Å²) in [6.45, 7) is 7.60. The minimum absolute atomic E-state index is 0.178. The van der Waals surface area contributed by atoms with E-state index in [2.05, 4.69) is 29.1 Å². The molecular formula is C12H19N3O2. The van der Waals surface area contributed by atoms with E-state index in [9.17, 15) is 4.79 Å². The van der Waals surface area contributed by atoms with Gasteiger partial charge in [-0.15, -0.1) is 0 Å². The average molecular weight is 237 g/mol. The molecule has 5 heteroatoms. The van der Waals surface area contributed by atoms with Crippen molar-refractivity contribution in [2.75, 3.05) is 5.32 Å². The van der Waals surface area contributed by atoms with E-state index < -0.39 is 11.9 Å². The Hall–Kier alpha value is -1.65. The first-order valence-corrected chi connectivity index (χ1v) is 5.73. The average Bonchev–Trinajstić information content (AvgIpc) is 2.28. The fourth-order valence-electron chi connectivity index (χ4n) is 1.34. The van der Waals surface area contributed by atoms with Gasteiger partial charge in [0, 0.05) is 17.8 Å². The Morgan fingerprint density at radius 2 is 1.94 bits per heavy atom. The van der Waals surface area contributed by atoms with Crippen molar-refractivity contribution in [3.63, 3.8) is 0 Å². The number of nitrogens with one attached hydrogen (secondary N) is 1. The standard InChI is InChI=1S/C12H19N3O2/c1-7(2)10-5-11(14-6-13-10)15-9(4)8(3)12(16)17/h5-9H,1-4H3,(H,16,17)(H,13,14,15). The summed E-state index contributed by atoms with van der Waals surface area (Å²) in [7, 11) is 0. The molecule has 0 radical (unpaired) electrons. The van der Waals surface area contributed by atoms with Crippen LogP contribution in [0.1, 0.15) is 39.3 Å². The molecule has 0 fully saturated rings. The molecule has 0 aliphatic carbocycles. The fraction of sp³-hybridized carbons (Fsp3) is 0.583. The van der Waals surface area contributed by atoms with E-state index >= 15 is 0 Å². The summed E-state index contributed by atoms with van der Waals surface area (Å²) in [5, 5.41) is 12.0. The van der Waals surface area contributed by atoms with Crippen molar-refractivity contribution < 1.29 is 9.90 Å². The highest BCUT2D eigenvalue weighted by molar-refractivity contribution is 5.71. The second-order valence-corrected chi connectivity index (χ2v) is 4.54. The summed E-state index contributed by atoms with van der Waals surface area (Å²) in [4.78, 5) is 19.1. The van der Waals surface area contributed by atoms with Gasteiger partial charge in [-0.1, -0.05) is 13.8 Å². The maximum absolute atomic E-state index is 10.8. The van der Waals surface area contributed by atoms with Gasteiger partial charge in [0.15, 0.2) is 0 Å². The summed E-state index contributed by atoms with van der Waals surface area (Å²) in [5.74, 6) is -0.286. The number of rotatable bonds is 5. The van der Waals surface area contributed by atoms with E-state index in [1.54, 1.807) is 6.92 Å². The van der Waals surface area contributed by atoms with Gasteiger partial charge in [-0.05, 0) is 19.8 Å². The van der Waals surface area contributed by atoms with Gasteiger partial charge in [0.05, 0.1) is 5.92 Å². The van der Waals surface area contributed by atoms with Crippen LogP contribution in [-0.4, -0.2) is 27.1 Å². The van der Waals surface area contributed by atoms with Crippen LogP contribution in [0.5, 0.6) is 0 Å². The van der Waals surface area contributed by atoms with Crippen LogP contribution in [0.15, 0.2) is 12.4 Å². The van der Waals surface area contributed by atoms with Gasteiger partial charge in [-0.25, -0.2) is 9.97 Å². The van der Waals surface area contributed by atoms with Gasteiger partial charge >= 0.3 is 5.97 Å². The number of carboxylic acids is 1. The lowest BCUT2D eigenvalue weighted by Crippen LogP contribution is -2.30. The highest BCUT2D eigenvalue weighted by Crippen LogP contribution is 2.15. The fourth-order valence-corrected chi connectivity index (χ4v) is 1.34. The zero-order chi connectivity index (χ0) is 13.0. The molecule has 0 aliphatic rings. The Kier molecular flexibility index (Phi) is 4.43. The molecule has 2 unspecified atom stereocenters. The van der Waals surface area contributed by atoms with Crippen molar-refractivity contribution in [1.29, 1.82) is 0 Å². The number of aromatic nitrogens is 2. The van der Waals surface area contributed by atoms with Crippen LogP contribution in [-0.2, 0) is 4.79 Å². The number of hydrogen-bond donors (Lipinski definition) is 2. The second kappa shape index (κ2) is 5.61. The molecule has 0 amide bonds. The number of aliphatic carboxylic acids is 1. The van der Waals surface area contributed by atoms with Crippen LogP contribution in [0.25, 0.3) is 0 Å². The van der Waals surface area contributed by atoms with Gasteiger partial charge in [-0.2, -0.15) is 0 Å². The van der Waals surface area contributed by atoms with Crippen LogP contribution in [0.4, 0.5) is 5.82 Å². The number of carboxylic acid groups (broad SMARTS) is 1. The number of anilines is 1. The van der Waals surface area contributed by atoms with E-state index in [1.165, 1.54) is 6.33 Å². The third kappa shape index (κ3) is 3.69. The molecule has 0 aromatic carbocycles. The molecule has 0 saturated heterocycles. The molecule has 0 saturated carbocycles. The zero-order valence-corrected chi connectivity index (χ0v) is 10.6. The SMILES string of the molecule is CC(C)c1cc(NC(C)C(C)C(=O)O)ncn1. The Labute approximate surface area is 101 Å². The first-order chi connectivity index (χ1) is 7.91. The van der Waals surface area contributed by atoms with Crippen LogP contribution >= 0.6 is 0 Å². The van der Waals surface area contributed by atoms with Crippen molar-refractivity contribution in [2.24, 2.45) is 5.92 Å². The topological polar surface area (TPSA) is 75.1 Å². The maximum atomic E-state index is 10.8. The maximum Gasteiger partial charge on any atom is 0.308 e. The summed E-state index contributed by atoms with van der Waals surface area (Å²) in [5.41, 5.74) is 0.942. The molecular weight excluding hydrogens is 218 g/mol. The third-order valence-electron chi connectivity index (χ3n) is 2.79. The number of carbonyl (C=O) groups is 1. The minimum Gasteiger partial charge on any atom is -0.481 e. The molecule has 0 bridgehead atoms. The first-order valence-electron chi connectivity index (χ1n) is 5.73. The predicted octanol–water partition coefficient (Wildman–Crippen LogP) is 2.12. The molecule has 94 valence electrons. The summed E-state index contributed by atoms with van der Waals surface area (Å²) >= 11 is 0. The Balaban J connectivity index is 2.74. The lowest BCUT2D eigenvalue weighted by Gasteiger charge is -2.18. The smallest absolute Gasteiger partial charge is 0.308 e. The summed E-state index contributed by atoms with van der Waals surface area (Å²) in [6.07, 6.45) is 1.50. The van der Waals surface area contributed by atoms with E-state index in [1.807, 2.05) is 13.0 Å². The second-order valence-electron chi connectivity index (χ2n) is 4.54. The van der Waals surface area contributed by atoms with E-state index in [0.29, 0.717) is 11.7 Å². The van der Waals surface area contributed by atoms with Crippen molar-refractivity contribution >= 4 is 11.8 Å². The molecule has 1 aromatic heterocycles. The zero-order valence-electron chi connectivity index (χ0n) is 10.6. The highest BCUT2D eigenvalue weighted by atomic mass is 16.4. The molecule has 0 spiro atoms. The van der Waals surface area contributed by atoms with Gasteiger partial charge in [0.2, 0.25) is 0 Å². The normalized spacial score (nSPS) is 14.4. The first kappa shape index (κ1) is 13.4. The third-order valence-corrected chi connectivity index (χ3v) is 2.79. The highest BCUT2D eigenvalue weighted by Gasteiger charge is 2.19. The minimum atomic E-state index is -0.817. The van der Waals surface area contributed by atoms with Gasteiger partial charge in [0.1, 0.15) is 12.1 Å². The van der Waals surface area contributed by atoms with Gasteiger partial charge in [-0.3, -0.25) is 4.79 Å². The molecule has 1 aromatic rings. The Bertz CT molecular complexity index is 393.